The molecular weight excluding hydrogens is 267 g/mol. The highest BCUT2D eigenvalue weighted by Crippen LogP contribution is 2.27. The second-order valence-electron chi connectivity index (χ2n) is 4.37. The zero-order valence-corrected chi connectivity index (χ0v) is 11.1. The quantitative estimate of drug-likeness (QED) is 0.934. The van der Waals surface area contributed by atoms with Gasteiger partial charge in [-0.3, -0.25) is 0 Å². The second kappa shape index (κ2) is 5.48. The number of anilines is 1. The Morgan fingerprint density at radius 2 is 1.75 bits per heavy atom. The predicted octanol–water partition coefficient (Wildman–Crippen LogP) is 3.60. The number of alkyl halides is 3. The molecule has 0 radical (unpaired) electrons. The molecule has 3 nitrogen and oxygen atoms in total. The molecule has 106 valence electrons. The number of aromatic nitrogens is 2. The van der Waals surface area contributed by atoms with Crippen molar-refractivity contribution < 1.29 is 13.2 Å². The second-order valence-corrected chi connectivity index (χ2v) is 4.37. The van der Waals surface area contributed by atoms with Crippen LogP contribution in [0.5, 0.6) is 0 Å². The number of benzene rings is 1. The van der Waals surface area contributed by atoms with Crippen molar-refractivity contribution in [3.05, 3.63) is 41.7 Å². The van der Waals surface area contributed by atoms with Crippen LogP contribution >= 0.6 is 0 Å². The molecule has 1 aromatic carbocycles. The maximum absolute atomic E-state index is 12.5. The van der Waals surface area contributed by atoms with E-state index in [1.807, 2.05) is 30.3 Å². The van der Waals surface area contributed by atoms with E-state index in [4.69, 9.17) is 0 Å². The van der Waals surface area contributed by atoms with Crippen LogP contribution in [0.15, 0.2) is 30.3 Å². The molecule has 0 atom stereocenters. The first-order valence-electron chi connectivity index (χ1n) is 6.08. The minimum atomic E-state index is -4.33. The van der Waals surface area contributed by atoms with Crippen molar-refractivity contribution in [3.8, 4) is 11.3 Å². The van der Waals surface area contributed by atoms with Crippen molar-refractivity contribution in [2.75, 3.05) is 12.4 Å². The molecule has 0 amide bonds. The maximum Gasteiger partial charge on any atom is 0.396 e. The van der Waals surface area contributed by atoms with E-state index >= 15 is 0 Å². The van der Waals surface area contributed by atoms with Gasteiger partial charge in [-0.1, -0.05) is 30.3 Å². The van der Waals surface area contributed by atoms with Gasteiger partial charge >= 0.3 is 6.18 Å². The van der Waals surface area contributed by atoms with E-state index in [1.165, 1.54) is 0 Å². The Morgan fingerprint density at radius 3 is 2.30 bits per heavy atom. The Morgan fingerprint density at radius 1 is 1.10 bits per heavy atom. The van der Waals surface area contributed by atoms with Gasteiger partial charge in [0.25, 0.3) is 0 Å². The molecule has 0 aliphatic heterocycles. The average Bonchev–Trinajstić information content (AvgIpc) is 2.40. The largest absolute Gasteiger partial charge is 0.396 e. The van der Waals surface area contributed by atoms with Gasteiger partial charge in [0.2, 0.25) is 0 Å². The highest BCUT2D eigenvalue weighted by Gasteiger charge is 2.30. The molecule has 0 bridgehead atoms. The fraction of sp³-hybridized carbons (Fsp3) is 0.286. The first-order chi connectivity index (χ1) is 9.40. The number of nitrogens with zero attached hydrogens (tertiary/aromatic N) is 2. The van der Waals surface area contributed by atoms with Crippen LogP contribution in [-0.2, 0) is 6.42 Å². The van der Waals surface area contributed by atoms with Gasteiger partial charge in [-0.05, 0) is 6.92 Å². The summed E-state index contributed by atoms with van der Waals surface area (Å²) in [4.78, 5) is 7.99. The van der Waals surface area contributed by atoms with Gasteiger partial charge in [-0.15, -0.1) is 0 Å². The number of hydrogen-bond donors (Lipinski definition) is 1. The van der Waals surface area contributed by atoms with Gasteiger partial charge in [0.05, 0.1) is 5.69 Å². The summed E-state index contributed by atoms with van der Waals surface area (Å²) < 4.78 is 37.5. The molecule has 20 heavy (non-hydrogen) atoms. The van der Waals surface area contributed by atoms with E-state index < -0.39 is 12.6 Å². The average molecular weight is 281 g/mol. The zero-order valence-electron chi connectivity index (χ0n) is 11.1. The first kappa shape index (κ1) is 14.3. The van der Waals surface area contributed by atoms with Crippen molar-refractivity contribution in [2.45, 2.75) is 19.5 Å². The summed E-state index contributed by atoms with van der Waals surface area (Å²) in [5.41, 5.74) is 2.01. The standard InChI is InChI=1S/C14H14F3N3/c1-9-12(10-6-4-3-5-7-10)19-11(8-14(15,16)17)20-13(9)18-2/h3-7H,8H2,1-2H3,(H,18,19,20). The molecule has 6 heteroatoms. The highest BCUT2D eigenvalue weighted by atomic mass is 19.4. The zero-order chi connectivity index (χ0) is 14.8. The van der Waals surface area contributed by atoms with E-state index in [0.717, 1.165) is 11.1 Å². The maximum atomic E-state index is 12.5. The topological polar surface area (TPSA) is 37.8 Å². The molecule has 2 aromatic rings. The molecule has 0 fully saturated rings. The third kappa shape index (κ3) is 3.26. The lowest BCUT2D eigenvalue weighted by atomic mass is 10.1. The summed E-state index contributed by atoms with van der Waals surface area (Å²) in [7, 11) is 1.63. The van der Waals surface area contributed by atoms with Crippen LogP contribution in [0, 0.1) is 6.92 Å². The lowest BCUT2D eigenvalue weighted by Gasteiger charge is -2.13. The van der Waals surface area contributed by atoms with Crippen LogP contribution in [0.2, 0.25) is 0 Å². The van der Waals surface area contributed by atoms with Crippen LogP contribution < -0.4 is 5.32 Å². The molecule has 0 saturated carbocycles. The Hall–Kier alpha value is -2.11. The van der Waals surface area contributed by atoms with E-state index in [0.29, 0.717) is 11.5 Å². The lowest BCUT2D eigenvalue weighted by molar-refractivity contribution is -0.128. The normalized spacial score (nSPS) is 11.4. The van der Waals surface area contributed by atoms with Gasteiger partial charge < -0.3 is 5.32 Å². The monoisotopic (exact) mass is 281 g/mol. The van der Waals surface area contributed by atoms with Crippen LogP contribution in [-0.4, -0.2) is 23.2 Å². The number of nitrogens with one attached hydrogen (secondary N) is 1. The predicted molar refractivity (Wildman–Crippen MR) is 71.5 cm³/mol. The van der Waals surface area contributed by atoms with E-state index in [1.54, 1.807) is 14.0 Å². The van der Waals surface area contributed by atoms with Crippen LogP contribution in [0.1, 0.15) is 11.4 Å². The Bertz CT molecular complexity index is 595. The van der Waals surface area contributed by atoms with Crippen LogP contribution in [0.25, 0.3) is 11.3 Å². The summed E-state index contributed by atoms with van der Waals surface area (Å²) >= 11 is 0. The summed E-state index contributed by atoms with van der Waals surface area (Å²) in [6, 6.07) is 9.10. The van der Waals surface area contributed by atoms with Crippen molar-refractivity contribution in [1.29, 1.82) is 0 Å². The molecule has 0 aliphatic carbocycles. The highest BCUT2D eigenvalue weighted by molar-refractivity contribution is 5.67. The SMILES string of the molecule is CNc1nc(CC(F)(F)F)nc(-c2ccccc2)c1C. The molecule has 0 aliphatic rings. The Kier molecular flexibility index (Phi) is 3.92. The summed E-state index contributed by atoms with van der Waals surface area (Å²) in [5, 5.41) is 2.81. The molecule has 0 saturated heterocycles. The smallest absolute Gasteiger partial charge is 0.373 e. The minimum absolute atomic E-state index is 0.230. The fourth-order valence-electron chi connectivity index (χ4n) is 1.94. The lowest BCUT2D eigenvalue weighted by Crippen LogP contribution is -2.16. The third-order valence-corrected chi connectivity index (χ3v) is 2.83. The number of halogens is 3. The molecule has 1 aromatic heterocycles. The number of rotatable bonds is 3. The van der Waals surface area contributed by atoms with Crippen molar-refractivity contribution in [1.82, 2.24) is 9.97 Å². The Balaban J connectivity index is 2.53. The third-order valence-electron chi connectivity index (χ3n) is 2.83. The summed E-state index contributed by atoms with van der Waals surface area (Å²) in [6.07, 6.45) is -5.46. The van der Waals surface area contributed by atoms with Crippen molar-refractivity contribution in [2.24, 2.45) is 0 Å². The van der Waals surface area contributed by atoms with E-state index in [2.05, 4.69) is 15.3 Å². The molecule has 1 heterocycles. The van der Waals surface area contributed by atoms with Gasteiger partial charge in [0.1, 0.15) is 18.1 Å². The summed E-state index contributed by atoms with van der Waals surface area (Å²) in [5.74, 6) is 0.185. The molecule has 1 N–H and O–H groups in total. The fourth-order valence-corrected chi connectivity index (χ4v) is 1.94. The van der Waals surface area contributed by atoms with Crippen LogP contribution in [0.3, 0.4) is 0 Å². The van der Waals surface area contributed by atoms with Crippen molar-refractivity contribution in [3.63, 3.8) is 0 Å². The summed E-state index contributed by atoms with van der Waals surface area (Å²) in [6.45, 7) is 1.78. The minimum Gasteiger partial charge on any atom is -0.373 e. The van der Waals surface area contributed by atoms with Gasteiger partial charge in [-0.2, -0.15) is 13.2 Å². The van der Waals surface area contributed by atoms with Crippen LogP contribution in [0.4, 0.5) is 19.0 Å². The Labute approximate surface area is 114 Å². The van der Waals surface area contributed by atoms with Gasteiger partial charge in [0, 0.05) is 18.2 Å². The van der Waals surface area contributed by atoms with Gasteiger partial charge in [-0.25, -0.2) is 9.97 Å². The van der Waals surface area contributed by atoms with E-state index in [-0.39, 0.29) is 5.82 Å². The molecule has 0 unspecified atom stereocenters. The van der Waals surface area contributed by atoms with E-state index in [9.17, 15) is 13.2 Å². The first-order valence-corrected chi connectivity index (χ1v) is 6.08. The van der Waals surface area contributed by atoms with Gasteiger partial charge in [0.15, 0.2) is 0 Å². The van der Waals surface area contributed by atoms with Crippen molar-refractivity contribution >= 4 is 5.82 Å². The number of hydrogen-bond acceptors (Lipinski definition) is 3. The molecule has 2 rings (SSSR count). The molecule has 0 spiro atoms. The molecular formula is C14H14F3N3.